The fraction of sp³-hybridized carbons (Fsp3) is 0.348. The molecule has 3 rings (SSSR count). The van der Waals surface area contributed by atoms with Gasteiger partial charge in [-0.15, -0.1) is 0 Å². The van der Waals surface area contributed by atoms with Crippen LogP contribution in [0.25, 0.3) is 11.0 Å². The van der Waals surface area contributed by atoms with E-state index in [-0.39, 0.29) is 17.2 Å². The number of amides is 1. The molecule has 3 aromatic rings. The van der Waals surface area contributed by atoms with Gasteiger partial charge in [-0.2, -0.15) is 4.31 Å². The van der Waals surface area contributed by atoms with E-state index in [1.807, 2.05) is 26.0 Å². The summed E-state index contributed by atoms with van der Waals surface area (Å²) in [5.41, 5.74) is 3.50. The SMILES string of the molecule is CCN(CC)S(=O)(=O)c1cc(C)c(C)c(NC(=O)Cc2coc3cc(OC)ccc23)c1. The predicted molar refractivity (Wildman–Crippen MR) is 121 cm³/mol. The molecule has 0 radical (unpaired) electrons. The molecule has 8 heteroatoms. The molecular weight excluding hydrogens is 416 g/mol. The summed E-state index contributed by atoms with van der Waals surface area (Å²) in [6, 6.07) is 8.62. The zero-order chi connectivity index (χ0) is 22.8. The highest BCUT2D eigenvalue weighted by Gasteiger charge is 2.23. The number of hydrogen-bond donors (Lipinski definition) is 1. The highest BCUT2D eigenvalue weighted by molar-refractivity contribution is 7.89. The molecule has 1 amide bonds. The third-order valence-electron chi connectivity index (χ3n) is 5.47. The van der Waals surface area contributed by atoms with Gasteiger partial charge in [0.15, 0.2) is 0 Å². The van der Waals surface area contributed by atoms with Crippen LogP contribution in [0.4, 0.5) is 5.69 Å². The van der Waals surface area contributed by atoms with E-state index in [2.05, 4.69) is 5.32 Å². The zero-order valence-corrected chi connectivity index (χ0v) is 19.3. The number of ether oxygens (including phenoxy) is 1. The number of sulfonamides is 1. The molecule has 1 heterocycles. The lowest BCUT2D eigenvalue weighted by molar-refractivity contribution is -0.115. The molecular formula is C23H28N2O5S. The average Bonchev–Trinajstić information content (AvgIpc) is 3.13. The molecule has 0 fully saturated rings. The topological polar surface area (TPSA) is 88.9 Å². The van der Waals surface area contributed by atoms with Gasteiger partial charge in [0, 0.05) is 35.8 Å². The molecule has 31 heavy (non-hydrogen) atoms. The Morgan fingerprint density at radius 2 is 1.84 bits per heavy atom. The number of hydrogen-bond acceptors (Lipinski definition) is 5. The molecule has 0 spiro atoms. The Bertz CT molecular complexity index is 1210. The maximum Gasteiger partial charge on any atom is 0.243 e. The molecule has 0 aliphatic heterocycles. The minimum absolute atomic E-state index is 0.102. The van der Waals surface area contributed by atoms with Crippen LogP contribution < -0.4 is 10.1 Å². The predicted octanol–water partition coefficient (Wildman–Crippen LogP) is 4.27. The molecule has 1 N–H and O–H groups in total. The van der Waals surface area contributed by atoms with Crippen molar-refractivity contribution in [2.24, 2.45) is 0 Å². The van der Waals surface area contributed by atoms with E-state index in [4.69, 9.17) is 9.15 Å². The van der Waals surface area contributed by atoms with Crippen LogP contribution in [-0.4, -0.2) is 38.8 Å². The third kappa shape index (κ3) is 4.60. The minimum Gasteiger partial charge on any atom is -0.497 e. The van der Waals surface area contributed by atoms with Crippen molar-refractivity contribution in [3.05, 3.63) is 53.3 Å². The second-order valence-corrected chi connectivity index (χ2v) is 9.29. The Hall–Kier alpha value is -2.84. The van der Waals surface area contributed by atoms with E-state index < -0.39 is 10.0 Å². The van der Waals surface area contributed by atoms with Crippen molar-refractivity contribution in [3.63, 3.8) is 0 Å². The molecule has 7 nitrogen and oxygen atoms in total. The quantitative estimate of drug-likeness (QED) is 0.560. The van der Waals surface area contributed by atoms with Gasteiger partial charge in [-0.3, -0.25) is 4.79 Å². The van der Waals surface area contributed by atoms with Crippen LogP contribution in [0, 0.1) is 13.8 Å². The van der Waals surface area contributed by atoms with Gasteiger partial charge in [0.25, 0.3) is 0 Å². The standard InChI is InChI=1S/C23H28N2O5S/c1-6-25(7-2)31(27,28)19-10-15(3)16(4)21(13-19)24-23(26)11-17-14-30-22-12-18(29-5)8-9-20(17)22/h8-10,12-14H,6-7,11H2,1-5H3,(H,24,26). The Morgan fingerprint density at radius 1 is 1.13 bits per heavy atom. The van der Waals surface area contributed by atoms with Crippen LogP contribution in [0.1, 0.15) is 30.5 Å². The van der Waals surface area contributed by atoms with Crippen molar-refractivity contribution >= 4 is 32.6 Å². The molecule has 0 unspecified atom stereocenters. The lowest BCUT2D eigenvalue weighted by Gasteiger charge is -2.20. The van der Waals surface area contributed by atoms with Gasteiger partial charge >= 0.3 is 0 Å². The highest BCUT2D eigenvalue weighted by Crippen LogP contribution is 2.28. The van der Waals surface area contributed by atoms with Gasteiger partial charge in [0.2, 0.25) is 15.9 Å². The van der Waals surface area contributed by atoms with Crippen LogP contribution in [0.5, 0.6) is 5.75 Å². The number of nitrogens with zero attached hydrogens (tertiary/aromatic N) is 1. The Balaban J connectivity index is 1.87. The normalized spacial score (nSPS) is 11.8. The van der Waals surface area contributed by atoms with Crippen molar-refractivity contribution in [2.75, 3.05) is 25.5 Å². The van der Waals surface area contributed by atoms with E-state index in [0.717, 1.165) is 22.1 Å². The molecule has 0 saturated heterocycles. The van der Waals surface area contributed by atoms with Crippen molar-refractivity contribution in [1.29, 1.82) is 0 Å². The first-order chi connectivity index (χ1) is 14.7. The fourth-order valence-electron chi connectivity index (χ4n) is 3.51. The Kier molecular flexibility index (Phi) is 6.71. The van der Waals surface area contributed by atoms with Gasteiger partial charge in [0.05, 0.1) is 24.7 Å². The molecule has 166 valence electrons. The summed E-state index contributed by atoms with van der Waals surface area (Å²) in [5, 5.41) is 3.71. The zero-order valence-electron chi connectivity index (χ0n) is 18.5. The fourth-order valence-corrected chi connectivity index (χ4v) is 5.08. The number of aryl methyl sites for hydroxylation is 1. The van der Waals surface area contributed by atoms with Crippen molar-refractivity contribution in [2.45, 2.75) is 39.0 Å². The van der Waals surface area contributed by atoms with Crippen molar-refractivity contribution in [3.8, 4) is 5.75 Å². The van der Waals surface area contributed by atoms with Gasteiger partial charge in [-0.25, -0.2) is 8.42 Å². The first-order valence-corrected chi connectivity index (χ1v) is 11.6. The van der Waals surface area contributed by atoms with Crippen molar-refractivity contribution < 1.29 is 22.4 Å². The summed E-state index contributed by atoms with van der Waals surface area (Å²) in [6.45, 7) is 8.06. The first kappa shape index (κ1) is 22.8. The molecule has 0 aliphatic rings. The highest BCUT2D eigenvalue weighted by atomic mass is 32.2. The average molecular weight is 445 g/mol. The van der Waals surface area contributed by atoms with E-state index in [1.54, 1.807) is 39.4 Å². The van der Waals surface area contributed by atoms with Crippen LogP contribution >= 0.6 is 0 Å². The number of methoxy groups -OCH3 is 1. The van der Waals surface area contributed by atoms with Gasteiger partial charge in [-0.05, 0) is 49.2 Å². The number of rotatable bonds is 8. The monoisotopic (exact) mass is 444 g/mol. The second kappa shape index (κ2) is 9.11. The maximum atomic E-state index is 12.9. The van der Waals surface area contributed by atoms with Crippen molar-refractivity contribution in [1.82, 2.24) is 4.31 Å². The largest absolute Gasteiger partial charge is 0.497 e. The third-order valence-corrected chi connectivity index (χ3v) is 7.50. The van der Waals surface area contributed by atoms with E-state index in [0.29, 0.717) is 30.1 Å². The number of benzene rings is 2. The summed E-state index contributed by atoms with van der Waals surface area (Å²) >= 11 is 0. The van der Waals surface area contributed by atoms with E-state index in [9.17, 15) is 13.2 Å². The number of carbonyl (C=O) groups is 1. The van der Waals surface area contributed by atoms with Crippen LogP contribution in [0.3, 0.4) is 0 Å². The van der Waals surface area contributed by atoms with E-state index >= 15 is 0 Å². The molecule has 1 aromatic heterocycles. The lowest BCUT2D eigenvalue weighted by atomic mass is 10.1. The molecule has 0 aliphatic carbocycles. The summed E-state index contributed by atoms with van der Waals surface area (Å²) in [7, 11) is -2.05. The molecule has 2 aromatic carbocycles. The van der Waals surface area contributed by atoms with Gasteiger partial charge in [-0.1, -0.05) is 13.8 Å². The first-order valence-electron chi connectivity index (χ1n) is 10.2. The molecule has 0 bridgehead atoms. The summed E-state index contributed by atoms with van der Waals surface area (Å²) in [4.78, 5) is 13.0. The summed E-state index contributed by atoms with van der Waals surface area (Å²) in [5.74, 6) is 0.425. The van der Waals surface area contributed by atoms with Gasteiger partial charge < -0.3 is 14.5 Å². The molecule has 0 saturated carbocycles. The number of carbonyl (C=O) groups excluding carboxylic acids is 1. The second-order valence-electron chi connectivity index (χ2n) is 7.35. The van der Waals surface area contributed by atoms with Crippen LogP contribution in [0.2, 0.25) is 0 Å². The number of anilines is 1. The Morgan fingerprint density at radius 3 is 2.48 bits per heavy atom. The lowest BCUT2D eigenvalue weighted by Crippen LogP contribution is -2.30. The summed E-state index contributed by atoms with van der Waals surface area (Å²) < 4.78 is 38.0. The smallest absolute Gasteiger partial charge is 0.243 e. The number of nitrogens with one attached hydrogen (secondary N) is 1. The van der Waals surface area contributed by atoms with Crippen LogP contribution in [-0.2, 0) is 21.2 Å². The minimum atomic E-state index is -3.63. The molecule has 0 atom stereocenters. The number of furan rings is 1. The maximum absolute atomic E-state index is 12.9. The summed E-state index contributed by atoms with van der Waals surface area (Å²) in [6.07, 6.45) is 1.66. The number of fused-ring (bicyclic) bond motifs is 1. The van der Waals surface area contributed by atoms with E-state index in [1.165, 1.54) is 10.4 Å². The Labute approximate surface area is 183 Å². The van der Waals surface area contributed by atoms with Gasteiger partial charge in [0.1, 0.15) is 11.3 Å². The van der Waals surface area contributed by atoms with Crippen LogP contribution in [0.15, 0.2) is 45.9 Å².